The van der Waals surface area contributed by atoms with Crippen LogP contribution in [0.25, 0.3) is 0 Å². The van der Waals surface area contributed by atoms with E-state index in [1.54, 1.807) is 69.5 Å². The lowest BCUT2D eigenvalue weighted by atomic mass is 9.72. The van der Waals surface area contributed by atoms with Crippen LogP contribution in [0.3, 0.4) is 0 Å². The summed E-state index contributed by atoms with van der Waals surface area (Å²) in [4.78, 5) is 14.1. The van der Waals surface area contributed by atoms with E-state index in [4.69, 9.17) is 4.74 Å². The Balaban J connectivity index is 2.04. The summed E-state index contributed by atoms with van der Waals surface area (Å²) in [6.45, 7) is 3.41. The molecule has 0 saturated carbocycles. The van der Waals surface area contributed by atoms with Crippen molar-refractivity contribution in [3.05, 3.63) is 60.2 Å². The number of benzene rings is 2. The molecule has 3 rings (SSSR count). The highest BCUT2D eigenvalue weighted by atomic mass is 19.1. The Labute approximate surface area is 146 Å². The maximum absolute atomic E-state index is 15.7. The topological polar surface area (TPSA) is 49.8 Å². The standard InChI is InChI=1S/C20H22FNO3/c1-13(2)18(23)20(21)17(14-7-5-4-6-8-14)22(19(20)24)15-9-11-16(25-3)12-10-15/h4-13,17-18,23H,1-3H3/t17-,18?,20-/m0/s1. The zero-order valence-corrected chi connectivity index (χ0v) is 14.5. The van der Waals surface area contributed by atoms with E-state index in [0.717, 1.165) is 0 Å². The summed E-state index contributed by atoms with van der Waals surface area (Å²) in [6.07, 6.45) is -1.38. The van der Waals surface area contributed by atoms with Crippen LogP contribution in [-0.4, -0.2) is 29.9 Å². The maximum Gasteiger partial charge on any atom is 0.270 e. The second-order valence-electron chi connectivity index (χ2n) is 6.64. The normalized spacial score (nSPS) is 24.2. The summed E-state index contributed by atoms with van der Waals surface area (Å²) in [5.41, 5.74) is -1.11. The molecule has 3 atom stereocenters. The van der Waals surface area contributed by atoms with Crippen molar-refractivity contribution < 1.29 is 19.0 Å². The molecular formula is C20H22FNO3. The molecule has 1 fully saturated rings. The van der Waals surface area contributed by atoms with Gasteiger partial charge >= 0.3 is 0 Å². The number of carbonyl (C=O) groups is 1. The summed E-state index contributed by atoms with van der Waals surface area (Å²) >= 11 is 0. The van der Waals surface area contributed by atoms with Gasteiger partial charge in [-0.25, -0.2) is 4.39 Å². The maximum atomic E-state index is 15.7. The average molecular weight is 343 g/mol. The van der Waals surface area contributed by atoms with E-state index in [1.165, 1.54) is 4.90 Å². The van der Waals surface area contributed by atoms with Crippen molar-refractivity contribution in [2.24, 2.45) is 5.92 Å². The molecule has 1 aliphatic rings. The highest BCUT2D eigenvalue weighted by Crippen LogP contribution is 2.51. The van der Waals surface area contributed by atoms with E-state index in [9.17, 15) is 9.90 Å². The molecule has 2 aromatic rings. The number of amides is 1. The fourth-order valence-corrected chi connectivity index (χ4v) is 3.35. The van der Waals surface area contributed by atoms with Crippen LogP contribution in [0.1, 0.15) is 25.5 Å². The Morgan fingerprint density at radius 3 is 2.24 bits per heavy atom. The molecule has 1 aliphatic heterocycles. The lowest BCUT2D eigenvalue weighted by molar-refractivity contribution is -0.159. The van der Waals surface area contributed by atoms with Crippen LogP contribution in [0.5, 0.6) is 5.75 Å². The summed E-state index contributed by atoms with van der Waals surface area (Å²) in [5.74, 6) is -0.437. The van der Waals surface area contributed by atoms with Crippen LogP contribution in [0, 0.1) is 5.92 Å². The Morgan fingerprint density at radius 2 is 1.72 bits per heavy atom. The number of β-lactam (4-membered cyclic amide) rings is 1. The lowest BCUT2D eigenvalue weighted by Crippen LogP contribution is -2.72. The number of carbonyl (C=O) groups excluding carboxylic acids is 1. The monoisotopic (exact) mass is 343 g/mol. The van der Waals surface area contributed by atoms with Crippen LogP contribution >= 0.6 is 0 Å². The van der Waals surface area contributed by atoms with Gasteiger partial charge in [0.15, 0.2) is 0 Å². The lowest BCUT2D eigenvalue weighted by Gasteiger charge is -2.53. The van der Waals surface area contributed by atoms with Gasteiger partial charge in [-0.3, -0.25) is 9.69 Å². The number of aliphatic hydroxyl groups excluding tert-OH is 1. The third kappa shape index (κ3) is 2.68. The van der Waals surface area contributed by atoms with Gasteiger partial charge in [0.1, 0.15) is 17.9 Å². The minimum Gasteiger partial charge on any atom is -0.497 e. The van der Waals surface area contributed by atoms with E-state index in [2.05, 4.69) is 0 Å². The van der Waals surface area contributed by atoms with Crippen LogP contribution in [0.15, 0.2) is 54.6 Å². The molecule has 0 aromatic heterocycles. The molecular weight excluding hydrogens is 321 g/mol. The number of alkyl halides is 1. The quantitative estimate of drug-likeness (QED) is 0.845. The number of hydrogen-bond donors (Lipinski definition) is 1. The number of halogens is 1. The van der Waals surface area contributed by atoms with E-state index in [-0.39, 0.29) is 5.92 Å². The molecule has 0 radical (unpaired) electrons. The second-order valence-corrected chi connectivity index (χ2v) is 6.64. The van der Waals surface area contributed by atoms with Crippen LogP contribution in [-0.2, 0) is 4.79 Å². The van der Waals surface area contributed by atoms with E-state index >= 15 is 4.39 Å². The third-order valence-corrected chi connectivity index (χ3v) is 4.73. The molecule has 132 valence electrons. The minimum absolute atomic E-state index is 0.377. The van der Waals surface area contributed by atoms with Gasteiger partial charge in [-0.1, -0.05) is 44.2 Å². The zero-order chi connectivity index (χ0) is 18.2. The highest BCUT2D eigenvalue weighted by Gasteiger charge is 2.67. The molecule has 0 aliphatic carbocycles. The summed E-state index contributed by atoms with van der Waals surface area (Å²) < 4.78 is 20.8. The van der Waals surface area contributed by atoms with Crippen LogP contribution in [0.4, 0.5) is 10.1 Å². The van der Waals surface area contributed by atoms with E-state index in [0.29, 0.717) is 17.0 Å². The average Bonchev–Trinajstić information content (AvgIpc) is 2.65. The predicted octanol–water partition coefficient (Wildman–Crippen LogP) is 3.51. The first-order valence-electron chi connectivity index (χ1n) is 8.31. The smallest absolute Gasteiger partial charge is 0.270 e. The van der Waals surface area contributed by atoms with E-state index in [1.807, 2.05) is 6.07 Å². The van der Waals surface area contributed by atoms with Gasteiger partial charge < -0.3 is 9.84 Å². The van der Waals surface area contributed by atoms with Crippen LogP contribution < -0.4 is 9.64 Å². The molecule has 1 N–H and O–H groups in total. The Morgan fingerprint density at radius 1 is 1.12 bits per heavy atom. The van der Waals surface area contributed by atoms with Crippen molar-refractivity contribution >= 4 is 11.6 Å². The third-order valence-electron chi connectivity index (χ3n) is 4.73. The van der Waals surface area contributed by atoms with E-state index < -0.39 is 23.7 Å². The first-order chi connectivity index (χ1) is 11.9. The number of nitrogens with zero attached hydrogens (tertiary/aromatic N) is 1. The molecule has 25 heavy (non-hydrogen) atoms. The molecule has 1 unspecified atom stereocenters. The predicted molar refractivity (Wildman–Crippen MR) is 94.3 cm³/mol. The molecule has 0 bridgehead atoms. The van der Waals surface area contributed by atoms with Gasteiger partial charge in [0, 0.05) is 5.69 Å². The summed E-state index contributed by atoms with van der Waals surface area (Å²) in [6, 6.07) is 15.0. The number of ether oxygens (including phenoxy) is 1. The molecule has 1 saturated heterocycles. The molecule has 5 heteroatoms. The Kier molecular flexibility index (Phi) is 4.52. The largest absolute Gasteiger partial charge is 0.497 e. The Bertz CT molecular complexity index is 747. The van der Waals surface area contributed by atoms with Gasteiger partial charge in [-0.2, -0.15) is 0 Å². The first kappa shape index (κ1) is 17.4. The zero-order valence-electron chi connectivity index (χ0n) is 14.5. The fraction of sp³-hybridized carbons (Fsp3) is 0.350. The summed E-state index contributed by atoms with van der Waals surface area (Å²) in [5, 5.41) is 10.4. The van der Waals surface area contributed by atoms with Crippen molar-refractivity contribution in [1.82, 2.24) is 0 Å². The summed E-state index contributed by atoms with van der Waals surface area (Å²) in [7, 11) is 1.56. The molecule has 1 heterocycles. The van der Waals surface area contributed by atoms with Crippen molar-refractivity contribution in [2.45, 2.75) is 31.7 Å². The Hall–Kier alpha value is -2.40. The van der Waals surface area contributed by atoms with Gasteiger partial charge in [0.05, 0.1) is 7.11 Å². The second kappa shape index (κ2) is 6.48. The molecule has 0 spiro atoms. The SMILES string of the molecule is COc1ccc(N2C(=O)[C@@](F)(C(O)C(C)C)[C@@H]2c2ccccc2)cc1. The number of anilines is 1. The van der Waals surface area contributed by atoms with Gasteiger partial charge in [-0.05, 0) is 35.7 Å². The fourth-order valence-electron chi connectivity index (χ4n) is 3.35. The minimum atomic E-state index is -2.34. The highest BCUT2D eigenvalue weighted by molar-refractivity contribution is 6.09. The first-order valence-corrected chi connectivity index (χ1v) is 8.31. The van der Waals surface area contributed by atoms with Crippen LogP contribution in [0.2, 0.25) is 0 Å². The number of aliphatic hydroxyl groups is 1. The van der Waals surface area contributed by atoms with Gasteiger partial charge in [0.2, 0.25) is 5.67 Å². The number of methoxy groups -OCH3 is 1. The molecule has 2 aromatic carbocycles. The van der Waals surface area contributed by atoms with Crippen molar-refractivity contribution in [3.63, 3.8) is 0 Å². The van der Waals surface area contributed by atoms with Crippen molar-refractivity contribution in [2.75, 3.05) is 12.0 Å². The van der Waals surface area contributed by atoms with Crippen molar-refractivity contribution in [1.29, 1.82) is 0 Å². The number of rotatable bonds is 5. The van der Waals surface area contributed by atoms with Gasteiger partial charge in [0.25, 0.3) is 5.91 Å². The molecule has 1 amide bonds. The number of hydrogen-bond acceptors (Lipinski definition) is 3. The van der Waals surface area contributed by atoms with Crippen molar-refractivity contribution in [3.8, 4) is 5.75 Å². The molecule has 4 nitrogen and oxygen atoms in total. The van der Waals surface area contributed by atoms with Gasteiger partial charge in [-0.15, -0.1) is 0 Å².